The molecule has 0 unspecified atom stereocenters. The fourth-order valence-corrected chi connectivity index (χ4v) is 2.24. The summed E-state index contributed by atoms with van der Waals surface area (Å²) in [4.78, 5) is 4.45. The molecular weight excluding hydrogens is 222 g/mol. The van der Waals surface area contributed by atoms with Crippen molar-refractivity contribution in [2.24, 2.45) is 0 Å². The molecule has 0 radical (unpaired) electrons. The Kier molecular flexibility index (Phi) is 2.52. The average molecular weight is 237 g/mol. The van der Waals surface area contributed by atoms with Crippen molar-refractivity contribution >= 4 is 17.0 Å². The van der Waals surface area contributed by atoms with E-state index in [4.69, 9.17) is 5.73 Å². The van der Waals surface area contributed by atoms with Gasteiger partial charge in [0.25, 0.3) is 0 Å². The number of aromatic nitrogens is 2. The molecule has 0 spiro atoms. The van der Waals surface area contributed by atoms with E-state index in [9.17, 15) is 0 Å². The van der Waals surface area contributed by atoms with Crippen molar-refractivity contribution in [2.75, 3.05) is 5.73 Å². The average Bonchev–Trinajstić information content (AvgIpc) is 2.70. The van der Waals surface area contributed by atoms with Gasteiger partial charge in [-0.2, -0.15) is 0 Å². The van der Waals surface area contributed by atoms with E-state index in [0.717, 1.165) is 23.1 Å². The molecule has 2 N–H and O–H groups in total. The zero-order chi connectivity index (χ0) is 12.5. The molecule has 3 rings (SSSR count). The zero-order valence-electron chi connectivity index (χ0n) is 10.3. The van der Waals surface area contributed by atoms with Crippen LogP contribution < -0.4 is 5.73 Å². The van der Waals surface area contributed by atoms with Crippen LogP contribution >= 0.6 is 0 Å². The number of aryl methyl sites for hydroxylation is 1. The van der Waals surface area contributed by atoms with E-state index in [1.54, 1.807) is 0 Å². The van der Waals surface area contributed by atoms with Crippen molar-refractivity contribution in [2.45, 2.75) is 13.5 Å². The van der Waals surface area contributed by atoms with Gasteiger partial charge in [0, 0.05) is 0 Å². The number of nitrogen functional groups attached to an aromatic ring is 1. The third kappa shape index (κ3) is 1.74. The van der Waals surface area contributed by atoms with Crippen molar-refractivity contribution in [1.29, 1.82) is 0 Å². The number of hydrogen-bond acceptors (Lipinski definition) is 2. The van der Waals surface area contributed by atoms with Gasteiger partial charge in [0.05, 0.1) is 17.6 Å². The Morgan fingerprint density at radius 1 is 1.06 bits per heavy atom. The third-order valence-corrected chi connectivity index (χ3v) is 3.19. The van der Waals surface area contributed by atoms with Gasteiger partial charge >= 0.3 is 0 Å². The van der Waals surface area contributed by atoms with Gasteiger partial charge < -0.3 is 10.3 Å². The molecule has 0 fully saturated rings. The van der Waals surface area contributed by atoms with E-state index < -0.39 is 0 Å². The standard InChI is InChI=1S/C15H15N3/c1-11-6-5-9-13-14(11)17-15(16)18(13)10-12-7-3-2-4-8-12/h2-9H,10H2,1H3,(H2,16,17). The first-order chi connectivity index (χ1) is 8.75. The van der Waals surface area contributed by atoms with Crippen molar-refractivity contribution in [1.82, 2.24) is 9.55 Å². The van der Waals surface area contributed by atoms with Crippen LogP contribution in [0.25, 0.3) is 11.0 Å². The Morgan fingerprint density at radius 2 is 1.83 bits per heavy atom. The van der Waals surface area contributed by atoms with Gasteiger partial charge in [-0.25, -0.2) is 4.98 Å². The first-order valence-corrected chi connectivity index (χ1v) is 6.01. The highest BCUT2D eigenvalue weighted by atomic mass is 15.1. The summed E-state index contributed by atoms with van der Waals surface area (Å²) in [6.07, 6.45) is 0. The number of imidazole rings is 1. The second-order valence-corrected chi connectivity index (χ2v) is 4.48. The molecule has 0 saturated carbocycles. The number of nitrogens with zero attached hydrogens (tertiary/aromatic N) is 2. The normalized spacial score (nSPS) is 10.9. The minimum atomic E-state index is 0.572. The Hall–Kier alpha value is -2.29. The number of para-hydroxylation sites is 1. The maximum Gasteiger partial charge on any atom is 0.201 e. The summed E-state index contributed by atoms with van der Waals surface area (Å²) in [5, 5.41) is 0. The molecule has 3 heteroatoms. The summed E-state index contributed by atoms with van der Waals surface area (Å²) >= 11 is 0. The SMILES string of the molecule is Cc1cccc2c1nc(N)n2Cc1ccccc1. The molecule has 3 nitrogen and oxygen atoms in total. The van der Waals surface area contributed by atoms with Gasteiger partial charge in [-0.05, 0) is 24.1 Å². The quantitative estimate of drug-likeness (QED) is 0.744. The second kappa shape index (κ2) is 4.18. The number of anilines is 1. The number of rotatable bonds is 2. The fraction of sp³-hybridized carbons (Fsp3) is 0.133. The van der Waals surface area contributed by atoms with Gasteiger partial charge in [-0.15, -0.1) is 0 Å². The highest BCUT2D eigenvalue weighted by molar-refractivity contribution is 5.81. The number of hydrogen-bond donors (Lipinski definition) is 1. The van der Waals surface area contributed by atoms with Crippen molar-refractivity contribution in [3.05, 3.63) is 59.7 Å². The van der Waals surface area contributed by atoms with Crippen LogP contribution in [0.15, 0.2) is 48.5 Å². The fourth-order valence-electron chi connectivity index (χ4n) is 2.24. The van der Waals surface area contributed by atoms with E-state index >= 15 is 0 Å². The van der Waals surface area contributed by atoms with Crippen LogP contribution in [0.4, 0.5) is 5.95 Å². The molecule has 0 aliphatic rings. The van der Waals surface area contributed by atoms with E-state index in [1.807, 2.05) is 24.3 Å². The van der Waals surface area contributed by atoms with Gasteiger partial charge in [0.1, 0.15) is 0 Å². The van der Waals surface area contributed by atoms with Crippen LogP contribution in [-0.2, 0) is 6.54 Å². The first kappa shape index (κ1) is 10.8. The van der Waals surface area contributed by atoms with Gasteiger partial charge in [0.2, 0.25) is 5.95 Å². The molecule has 0 bridgehead atoms. The first-order valence-electron chi connectivity index (χ1n) is 6.01. The van der Waals surface area contributed by atoms with E-state index in [0.29, 0.717) is 5.95 Å². The summed E-state index contributed by atoms with van der Waals surface area (Å²) in [5.41, 5.74) is 10.5. The summed E-state index contributed by atoms with van der Waals surface area (Å²) in [6, 6.07) is 16.5. The van der Waals surface area contributed by atoms with Crippen LogP contribution in [-0.4, -0.2) is 9.55 Å². The van der Waals surface area contributed by atoms with Gasteiger partial charge in [-0.3, -0.25) is 0 Å². The largest absolute Gasteiger partial charge is 0.369 e. The third-order valence-electron chi connectivity index (χ3n) is 3.19. The second-order valence-electron chi connectivity index (χ2n) is 4.48. The van der Waals surface area contributed by atoms with E-state index in [1.165, 1.54) is 5.56 Å². The van der Waals surface area contributed by atoms with E-state index in [2.05, 4.69) is 40.7 Å². The van der Waals surface area contributed by atoms with Gasteiger partial charge in [0.15, 0.2) is 0 Å². The van der Waals surface area contributed by atoms with Crippen molar-refractivity contribution in [3.63, 3.8) is 0 Å². The number of benzene rings is 2. The van der Waals surface area contributed by atoms with Crippen LogP contribution in [0.1, 0.15) is 11.1 Å². The Morgan fingerprint density at radius 3 is 2.61 bits per heavy atom. The Labute approximate surface area is 106 Å². The van der Waals surface area contributed by atoms with Gasteiger partial charge in [-0.1, -0.05) is 42.5 Å². The summed E-state index contributed by atoms with van der Waals surface area (Å²) in [5.74, 6) is 0.572. The number of nitrogens with two attached hydrogens (primary N) is 1. The maximum atomic E-state index is 6.02. The number of fused-ring (bicyclic) bond motifs is 1. The summed E-state index contributed by atoms with van der Waals surface area (Å²) in [7, 11) is 0. The molecule has 2 aromatic carbocycles. The molecular formula is C15H15N3. The predicted molar refractivity (Wildman–Crippen MR) is 74.4 cm³/mol. The monoisotopic (exact) mass is 237 g/mol. The predicted octanol–water partition coefficient (Wildman–Crippen LogP) is 2.98. The molecule has 1 heterocycles. The Balaban J connectivity index is 2.12. The lowest BCUT2D eigenvalue weighted by Crippen LogP contribution is -2.04. The molecule has 90 valence electrons. The van der Waals surface area contributed by atoms with Crippen LogP contribution in [0.2, 0.25) is 0 Å². The van der Waals surface area contributed by atoms with Crippen LogP contribution in [0, 0.1) is 6.92 Å². The molecule has 0 saturated heterocycles. The minimum absolute atomic E-state index is 0.572. The Bertz CT molecular complexity index is 684. The summed E-state index contributed by atoms with van der Waals surface area (Å²) in [6.45, 7) is 2.81. The van der Waals surface area contributed by atoms with Crippen molar-refractivity contribution in [3.8, 4) is 0 Å². The molecule has 18 heavy (non-hydrogen) atoms. The highest BCUT2D eigenvalue weighted by Gasteiger charge is 2.09. The maximum absolute atomic E-state index is 6.02. The highest BCUT2D eigenvalue weighted by Crippen LogP contribution is 2.21. The lowest BCUT2D eigenvalue weighted by atomic mass is 10.2. The minimum Gasteiger partial charge on any atom is -0.369 e. The van der Waals surface area contributed by atoms with E-state index in [-0.39, 0.29) is 0 Å². The van der Waals surface area contributed by atoms with Crippen LogP contribution in [0.5, 0.6) is 0 Å². The smallest absolute Gasteiger partial charge is 0.201 e. The van der Waals surface area contributed by atoms with Crippen LogP contribution in [0.3, 0.4) is 0 Å². The summed E-state index contributed by atoms with van der Waals surface area (Å²) < 4.78 is 2.05. The molecule has 1 aromatic heterocycles. The van der Waals surface area contributed by atoms with Crippen molar-refractivity contribution < 1.29 is 0 Å². The molecule has 0 atom stereocenters. The lowest BCUT2D eigenvalue weighted by Gasteiger charge is -2.06. The zero-order valence-corrected chi connectivity index (χ0v) is 10.3. The topological polar surface area (TPSA) is 43.8 Å². The lowest BCUT2D eigenvalue weighted by molar-refractivity contribution is 0.838. The molecule has 0 aliphatic carbocycles. The molecule has 0 aliphatic heterocycles. The molecule has 3 aromatic rings. The molecule has 0 amide bonds.